The molecule has 0 spiro atoms. The molecule has 136 valence electrons. The average Bonchev–Trinajstić information content (AvgIpc) is 2.97. The molecule has 5 nitrogen and oxygen atoms in total. The van der Waals surface area contributed by atoms with E-state index in [1.54, 1.807) is 38.5 Å². The van der Waals surface area contributed by atoms with E-state index in [1.165, 1.54) is 22.5 Å². The number of thiazole rings is 1. The summed E-state index contributed by atoms with van der Waals surface area (Å²) in [4.78, 5) is 17.7. The fourth-order valence-corrected chi connectivity index (χ4v) is 4.18. The van der Waals surface area contributed by atoms with E-state index in [2.05, 4.69) is 35.5 Å². The van der Waals surface area contributed by atoms with Gasteiger partial charge >= 0.3 is 0 Å². The fourth-order valence-electron chi connectivity index (χ4n) is 2.95. The summed E-state index contributed by atoms with van der Waals surface area (Å²) in [7, 11) is 3.27. The highest BCUT2D eigenvalue weighted by atomic mass is 32.1. The number of amides is 1. The van der Waals surface area contributed by atoms with E-state index in [1.807, 2.05) is 0 Å². The smallest absolute Gasteiger partial charge is 0.279 e. The van der Waals surface area contributed by atoms with Gasteiger partial charge in [0.25, 0.3) is 5.91 Å². The molecule has 6 heteroatoms. The van der Waals surface area contributed by atoms with Crippen molar-refractivity contribution in [2.24, 2.45) is 4.99 Å². The van der Waals surface area contributed by atoms with Gasteiger partial charge in [-0.3, -0.25) is 4.79 Å². The zero-order chi connectivity index (χ0) is 18.7. The van der Waals surface area contributed by atoms with Crippen molar-refractivity contribution in [3.05, 3.63) is 57.9 Å². The maximum atomic E-state index is 12.6. The molecule has 0 aliphatic heterocycles. The number of methoxy groups -OCH3 is 2. The lowest BCUT2D eigenvalue weighted by Gasteiger charge is -2.07. The van der Waals surface area contributed by atoms with E-state index in [9.17, 15) is 4.79 Å². The minimum atomic E-state index is -0.264. The van der Waals surface area contributed by atoms with E-state index in [0.29, 0.717) is 29.3 Å². The Labute approximate surface area is 156 Å². The van der Waals surface area contributed by atoms with Crippen LogP contribution in [0, 0.1) is 13.8 Å². The zero-order valence-electron chi connectivity index (χ0n) is 15.4. The van der Waals surface area contributed by atoms with Gasteiger partial charge in [0.1, 0.15) is 5.75 Å². The lowest BCUT2D eigenvalue weighted by Crippen LogP contribution is -2.19. The van der Waals surface area contributed by atoms with Crippen LogP contribution in [0.15, 0.2) is 41.4 Å². The average molecular weight is 370 g/mol. The summed E-state index contributed by atoms with van der Waals surface area (Å²) in [6.45, 7) is 5.36. The standard InChI is InChI=1S/C20H22N2O3S/c1-13-11-14(2)18-17(12-13)26-20(22(18)9-10-24-3)21-19(23)15-5-7-16(25-4)8-6-15/h5-8,11-12H,9-10H2,1-4H3. The third kappa shape index (κ3) is 3.71. The Bertz CT molecular complexity index is 1000. The summed E-state index contributed by atoms with van der Waals surface area (Å²) in [5, 5.41) is 0. The Kier molecular flexibility index (Phi) is 5.54. The first-order chi connectivity index (χ1) is 12.5. The molecule has 1 amide bonds. The van der Waals surface area contributed by atoms with E-state index in [0.717, 1.165) is 10.2 Å². The maximum Gasteiger partial charge on any atom is 0.279 e. The Morgan fingerprint density at radius 2 is 1.88 bits per heavy atom. The predicted octanol–water partition coefficient (Wildman–Crippen LogP) is 3.72. The lowest BCUT2D eigenvalue weighted by molar-refractivity contribution is 0.0997. The highest BCUT2D eigenvalue weighted by Crippen LogP contribution is 2.23. The first-order valence-electron chi connectivity index (χ1n) is 8.36. The van der Waals surface area contributed by atoms with Gasteiger partial charge in [-0.1, -0.05) is 17.4 Å². The second kappa shape index (κ2) is 7.85. The Balaban J connectivity index is 2.10. The molecular formula is C20H22N2O3S. The highest BCUT2D eigenvalue weighted by molar-refractivity contribution is 7.16. The van der Waals surface area contributed by atoms with Gasteiger partial charge in [-0.25, -0.2) is 0 Å². The number of nitrogens with zero attached hydrogens (tertiary/aromatic N) is 2. The van der Waals surface area contributed by atoms with Gasteiger partial charge in [0.05, 0.1) is 23.9 Å². The Hall–Kier alpha value is -2.44. The first-order valence-corrected chi connectivity index (χ1v) is 9.17. The molecule has 0 N–H and O–H groups in total. The summed E-state index contributed by atoms with van der Waals surface area (Å²) >= 11 is 1.53. The molecule has 1 heterocycles. The second-order valence-corrected chi connectivity index (χ2v) is 7.11. The monoisotopic (exact) mass is 370 g/mol. The third-order valence-electron chi connectivity index (χ3n) is 4.17. The normalized spacial score (nSPS) is 11.9. The number of benzene rings is 2. The minimum Gasteiger partial charge on any atom is -0.497 e. The molecule has 2 aromatic carbocycles. The quantitative estimate of drug-likeness (QED) is 0.688. The Morgan fingerprint density at radius 3 is 2.54 bits per heavy atom. The molecule has 0 saturated carbocycles. The van der Waals surface area contributed by atoms with Gasteiger partial charge in [-0.15, -0.1) is 0 Å². The van der Waals surface area contributed by atoms with Crippen LogP contribution >= 0.6 is 11.3 Å². The number of rotatable bonds is 5. The van der Waals surface area contributed by atoms with Crippen LogP contribution in [0.25, 0.3) is 10.2 Å². The van der Waals surface area contributed by atoms with Gasteiger partial charge in [0, 0.05) is 19.2 Å². The summed E-state index contributed by atoms with van der Waals surface area (Å²) in [6, 6.07) is 11.3. The summed E-state index contributed by atoms with van der Waals surface area (Å²) in [6.07, 6.45) is 0. The van der Waals surface area contributed by atoms with E-state index in [-0.39, 0.29) is 5.91 Å². The van der Waals surface area contributed by atoms with Crippen molar-refractivity contribution in [1.82, 2.24) is 4.57 Å². The first kappa shape index (κ1) is 18.4. The van der Waals surface area contributed by atoms with Crippen LogP contribution in [0.1, 0.15) is 21.5 Å². The molecule has 0 unspecified atom stereocenters. The lowest BCUT2D eigenvalue weighted by atomic mass is 10.1. The van der Waals surface area contributed by atoms with Crippen LogP contribution in [0.2, 0.25) is 0 Å². The van der Waals surface area contributed by atoms with Crippen LogP contribution in [-0.2, 0) is 11.3 Å². The molecule has 0 bridgehead atoms. The van der Waals surface area contributed by atoms with Gasteiger partial charge in [-0.05, 0) is 55.3 Å². The van der Waals surface area contributed by atoms with Crippen molar-refractivity contribution in [3.63, 3.8) is 0 Å². The fraction of sp³-hybridized carbons (Fsp3) is 0.300. The third-order valence-corrected chi connectivity index (χ3v) is 5.19. The zero-order valence-corrected chi connectivity index (χ0v) is 16.2. The molecule has 0 aliphatic carbocycles. The summed E-state index contributed by atoms with van der Waals surface area (Å²) in [5.41, 5.74) is 4.02. The van der Waals surface area contributed by atoms with Gasteiger partial charge in [0.2, 0.25) is 0 Å². The van der Waals surface area contributed by atoms with Gasteiger partial charge < -0.3 is 14.0 Å². The number of fused-ring (bicyclic) bond motifs is 1. The SMILES string of the molecule is COCCn1c(=NC(=O)c2ccc(OC)cc2)sc2cc(C)cc(C)c21. The van der Waals surface area contributed by atoms with Crippen molar-refractivity contribution in [2.75, 3.05) is 20.8 Å². The van der Waals surface area contributed by atoms with Gasteiger partial charge in [0.15, 0.2) is 4.80 Å². The van der Waals surface area contributed by atoms with Crippen molar-refractivity contribution in [2.45, 2.75) is 20.4 Å². The number of aryl methyl sites for hydroxylation is 2. The molecule has 0 saturated heterocycles. The van der Waals surface area contributed by atoms with Crippen molar-refractivity contribution >= 4 is 27.5 Å². The summed E-state index contributed by atoms with van der Waals surface area (Å²) < 4.78 is 13.6. The molecule has 3 aromatic rings. The van der Waals surface area contributed by atoms with Crippen LogP contribution in [-0.4, -0.2) is 31.3 Å². The van der Waals surface area contributed by atoms with Gasteiger partial charge in [-0.2, -0.15) is 4.99 Å². The van der Waals surface area contributed by atoms with Crippen LogP contribution in [0.5, 0.6) is 5.75 Å². The number of carbonyl (C=O) groups is 1. The van der Waals surface area contributed by atoms with Crippen molar-refractivity contribution in [3.8, 4) is 5.75 Å². The molecule has 0 radical (unpaired) electrons. The highest BCUT2D eigenvalue weighted by Gasteiger charge is 2.12. The largest absolute Gasteiger partial charge is 0.497 e. The Morgan fingerprint density at radius 1 is 1.15 bits per heavy atom. The van der Waals surface area contributed by atoms with Crippen molar-refractivity contribution in [1.29, 1.82) is 0 Å². The summed E-state index contributed by atoms with van der Waals surface area (Å²) in [5.74, 6) is 0.449. The second-order valence-electron chi connectivity index (χ2n) is 6.10. The number of hydrogen-bond donors (Lipinski definition) is 0. The molecule has 3 rings (SSSR count). The molecule has 0 fully saturated rings. The maximum absolute atomic E-state index is 12.6. The van der Waals surface area contributed by atoms with E-state index < -0.39 is 0 Å². The molecule has 1 aromatic heterocycles. The molecule has 0 aliphatic rings. The topological polar surface area (TPSA) is 52.8 Å². The molecule has 26 heavy (non-hydrogen) atoms. The van der Waals surface area contributed by atoms with E-state index >= 15 is 0 Å². The predicted molar refractivity (Wildman–Crippen MR) is 104 cm³/mol. The van der Waals surface area contributed by atoms with Crippen LogP contribution < -0.4 is 9.54 Å². The number of hydrogen-bond acceptors (Lipinski definition) is 4. The number of carbonyl (C=O) groups excluding carboxylic acids is 1. The van der Waals surface area contributed by atoms with Crippen LogP contribution in [0.4, 0.5) is 0 Å². The number of aromatic nitrogens is 1. The van der Waals surface area contributed by atoms with Crippen molar-refractivity contribution < 1.29 is 14.3 Å². The van der Waals surface area contributed by atoms with E-state index in [4.69, 9.17) is 9.47 Å². The van der Waals surface area contributed by atoms with Crippen LogP contribution in [0.3, 0.4) is 0 Å². The molecule has 0 atom stereocenters. The molecular weight excluding hydrogens is 348 g/mol. The number of ether oxygens (including phenoxy) is 2. The minimum absolute atomic E-state index is 0.264.